The molecule has 16 heavy (non-hydrogen) atoms. The Hall–Kier alpha value is -0.760. The number of rotatable bonds is 2. The van der Waals surface area contributed by atoms with Crippen molar-refractivity contribution in [2.45, 2.75) is 39.2 Å². The molecule has 2 rings (SSSR count). The van der Waals surface area contributed by atoms with Crippen LogP contribution in [-0.4, -0.2) is 6.04 Å². The van der Waals surface area contributed by atoms with Crippen molar-refractivity contribution in [1.82, 2.24) is 0 Å². The molecule has 2 heteroatoms. The third-order valence-electron chi connectivity index (χ3n) is 3.08. The van der Waals surface area contributed by atoms with E-state index >= 15 is 0 Å². The fourth-order valence-electron chi connectivity index (χ4n) is 2.26. The van der Waals surface area contributed by atoms with Crippen LogP contribution in [0.4, 0.5) is 5.69 Å². The number of allylic oxidation sites excluding steroid dienone is 1. The zero-order chi connectivity index (χ0) is 11.5. The Morgan fingerprint density at radius 1 is 1.25 bits per heavy atom. The lowest BCUT2D eigenvalue weighted by Crippen LogP contribution is -2.19. The Labute approximate surface area is 106 Å². The van der Waals surface area contributed by atoms with Crippen LogP contribution >= 0.6 is 15.9 Å². The molecule has 1 nitrogen and oxygen atoms in total. The second-order valence-corrected chi connectivity index (χ2v) is 5.44. The molecule has 1 N–H and O–H groups in total. The third-order valence-corrected chi connectivity index (χ3v) is 3.54. The Kier molecular flexibility index (Phi) is 3.70. The lowest BCUT2D eigenvalue weighted by Gasteiger charge is -2.22. The number of benzene rings is 1. The van der Waals surface area contributed by atoms with Crippen LogP contribution in [0, 0.1) is 13.8 Å². The van der Waals surface area contributed by atoms with Crippen LogP contribution in [0.15, 0.2) is 28.8 Å². The number of hydrogen-bond donors (Lipinski definition) is 1. The van der Waals surface area contributed by atoms with Gasteiger partial charge >= 0.3 is 0 Å². The van der Waals surface area contributed by atoms with Crippen molar-refractivity contribution in [1.29, 1.82) is 0 Å². The average Bonchev–Trinajstić information content (AvgIpc) is 2.25. The minimum Gasteiger partial charge on any atom is -0.378 e. The summed E-state index contributed by atoms with van der Waals surface area (Å²) in [4.78, 5) is 0. The molecule has 0 heterocycles. The molecule has 0 saturated heterocycles. The molecule has 1 unspecified atom stereocenters. The topological polar surface area (TPSA) is 12.0 Å². The first-order valence-electron chi connectivity index (χ1n) is 5.87. The highest BCUT2D eigenvalue weighted by atomic mass is 79.9. The first-order valence-corrected chi connectivity index (χ1v) is 6.66. The molecule has 0 radical (unpaired) electrons. The standard InChI is InChI=1S/C14H18BrN/c1-10-8-12(15)9-11(2)14(10)16-13-6-4-3-5-7-13/h4,6,8-9,13,16H,3,5,7H2,1-2H3. The highest BCUT2D eigenvalue weighted by Gasteiger charge is 2.11. The van der Waals surface area contributed by atoms with Gasteiger partial charge in [-0.15, -0.1) is 0 Å². The predicted octanol–water partition coefficient (Wildman–Crippen LogP) is 4.59. The first-order chi connectivity index (χ1) is 7.66. The van der Waals surface area contributed by atoms with Gasteiger partial charge in [0.2, 0.25) is 0 Å². The molecule has 0 fully saturated rings. The van der Waals surface area contributed by atoms with Gasteiger partial charge < -0.3 is 5.32 Å². The highest BCUT2D eigenvalue weighted by Crippen LogP contribution is 2.27. The van der Waals surface area contributed by atoms with E-state index in [0.29, 0.717) is 6.04 Å². The summed E-state index contributed by atoms with van der Waals surface area (Å²) in [5, 5.41) is 3.64. The fourth-order valence-corrected chi connectivity index (χ4v) is 2.94. The lowest BCUT2D eigenvalue weighted by atomic mass is 10.0. The average molecular weight is 280 g/mol. The van der Waals surface area contributed by atoms with Gasteiger partial charge in [0, 0.05) is 16.2 Å². The molecule has 1 aromatic rings. The van der Waals surface area contributed by atoms with Gasteiger partial charge in [0.25, 0.3) is 0 Å². The van der Waals surface area contributed by atoms with Crippen molar-refractivity contribution in [3.05, 3.63) is 39.9 Å². The second-order valence-electron chi connectivity index (χ2n) is 4.52. The van der Waals surface area contributed by atoms with Crippen LogP contribution in [0.3, 0.4) is 0 Å². The smallest absolute Gasteiger partial charge is 0.0444 e. The van der Waals surface area contributed by atoms with E-state index in [-0.39, 0.29) is 0 Å². The van der Waals surface area contributed by atoms with Gasteiger partial charge in [0.05, 0.1) is 0 Å². The van der Waals surface area contributed by atoms with Gasteiger partial charge in [-0.05, 0) is 56.4 Å². The Morgan fingerprint density at radius 2 is 1.94 bits per heavy atom. The first kappa shape index (κ1) is 11.7. The molecule has 1 aliphatic rings. The second kappa shape index (κ2) is 5.05. The molecular weight excluding hydrogens is 262 g/mol. The van der Waals surface area contributed by atoms with Crippen LogP contribution in [0.2, 0.25) is 0 Å². The molecule has 0 saturated carbocycles. The van der Waals surface area contributed by atoms with Gasteiger partial charge in [0.15, 0.2) is 0 Å². The van der Waals surface area contributed by atoms with Gasteiger partial charge in [-0.3, -0.25) is 0 Å². The highest BCUT2D eigenvalue weighted by molar-refractivity contribution is 9.10. The Morgan fingerprint density at radius 3 is 2.50 bits per heavy atom. The van der Waals surface area contributed by atoms with E-state index < -0.39 is 0 Å². The van der Waals surface area contributed by atoms with Crippen LogP contribution in [-0.2, 0) is 0 Å². The summed E-state index contributed by atoms with van der Waals surface area (Å²) < 4.78 is 1.16. The van der Waals surface area contributed by atoms with Gasteiger partial charge in [-0.2, -0.15) is 0 Å². The van der Waals surface area contributed by atoms with E-state index in [4.69, 9.17) is 0 Å². The molecule has 0 aliphatic heterocycles. The molecule has 1 aromatic carbocycles. The zero-order valence-corrected chi connectivity index (χ0v) is 11.5. The van der Waals surface area contributed by atoms with Gasteiger partial charge in [0.1, 0.15) is 0 Å². The van der Waals surface area contributed by atoms with Crippen molar-refractivity contribution in [3.63, 3.8) is 0 Å². The van der Waals surface area contributed by atoms with Crippen molar-refractivity contribution < 1.29 is 0 Å². The van der Waals surface area contributed by atoms with Crippen LogP contribution in [0.1, 0.15) is 30.4 Å². The minimum absolute atomic E-state index is 0.507. The molecular formula is C14H18BrN. The summed E-state index contributed by atoms with van der Waals surface area (Å²) in [5.74, 6) is 0. The summed E-state index contributed by atoms with van der Waals surface area (Å²) in [6.45, 7) is 4.32. The molecule has 86 valence electrons. The SMILES string of the molecule is Cc1cc(Br)cc(C)c1NC1C=CCCC1. The van der Waals surface area contributed by atoms with Crippen molar-refractivity contribution in [3.8, 4) is 0 Å². The van der Waals surface area contributed by atoms with E-state index in [1.54, 1.807) is 0 Å². The maximum absolute atomic E-state index is 3.64. The zero-order valence-electron chi connectivity index (χ0n) is 9.89. The number of aryl methyl sites for hydroxylation is 2. The van der Waals surface area contributed by atoms with E-state index in [0.717, 1.165) is 4.47 Å². The van der Waals surface area contributed by atoms with E-state index in [2.05, 4.69) is 59.4 Å². The number of nitrogens with one attached hydrogen (secondary N) is 1. The monoisotopic (exact) mass is 279 g/mol. The normalized spacial score (nSPS) is 19.8. The summed E-state index contributed by atoms with van der Waals surface area (Å²) in [6, 6.07) is 4.84. The Bertz CT molecular complexity index is 386. The summed E-state index contributed by atoms with van der Waals surface area (Å²) in [5.41, 5.74) is 3.91. The summed E-state index contributed by atoms with van der Waals surface area (Å²) in [6.07, 6.45) is 8.35. The third kappa shape index (κ3) is 2.67. The van der Waals surface area contributed by atoms with E-state index in [1.807, 2.05) is 0 Å². The van der Waals surface area contributed by atoms with Crippen LogP contribution in [0.5, 0.6) is 0 Å². The maximum atomic E-state index is 3.64. The number of halogens is 1. The van der Waals surface area contributed by atoms with E-state index in [1.165, 1.54) is 36.1 Å². The summed E-state index contributed by atoms with van der Waals surface area (Å²) in [7, 11) is 0. The molecule has 0 bridgehead atoms. The molecule has 0 spiro atoms. The predicted molar refractivity (Wildman–Crippen MR) is 74.0 cm³/mol. The van der Waals surface area contributed by atoms with Crippen molar-refractivity contribution in [2.24, 2.45) is 0 Å². The fraction of sp³-hybridized carbons (Fsp3) is 0.429. The number of anilines is 1. The lowest BCUT2D eigenvalue weighted by molar-refractivity contribution is 0.673. The van der Waals surface area contributed by atoms with Gasteiger partial charge in [-0.25, -0.2) is 0 Å². The van der Waals surface area contributed by atoms with Crippen LogP contribution < -0.4 is 5.32 Å². The molecule has 1 atom stereocenters. The quantitative estimate of drug-likeness (QED) is 0.781. The largest absolute Gasteiger partial charge is 0.378 e. The number of hydrogen-bond acceptors (Lipinski definition) is 1. The van der Waals surface area contributed by atoms with Crippen LogP contribution in [0.25, 0.3) is 0 Å². The van der Waals surface area contributed by atoms with Crippen molar-refractivity contribution in [2.75, 3.05) is 5.32 Å². The summed E-state index contributed by atoms with van der Waals surface area (Å²) >= 11 is 3.53. The van der Waals surface area contributed by atoms with E-state index in [9.17, 15) is 0 Å². The minimum atomic E-state index is 0.507. The maximum Gasteiger partial charge on any atom is 0.0444 e. The van der Waals surface area contributed by atoms with Gasteiger partial charge in [-0.1, -0.05) is 28.1 Å². The molecule has 0 aromatic heterocycles. The molecule has 0 amide bonds. The molecule has 1 aliphatic carbocycles. The van der Waals surface area contributed by atoms with Crippen molar-refractivity contribution >= 4 is 21.6 Å². The Balaban J connectivity index is 2.20.